The van der Waals surface area contributed by atoms with Gasteiger partial charge >= 0.3 is 0 Å². The van der Waals surface area contributed by atoms with Crippen molar-refractivity contribution in [3.05, 3.63) is 0 Å². The molecule has 0 bridgehead atoms. The molecule has 1 rings (SSSR count). The molecule has 1 saturated heterocycles. The lowest BCUT2D eigenvalue weighted by atomic mass is 9.85. The number of carbonyl (C=O) groups is 2. The minimum Gasteiger partial charge on any atom is -0.335 e. The molecule has 0 aromatic carbocycles. The van der Waals surface area contributed by atoms with Crippen molar-refractivity contribution < 1.29 is 9.59 Å². The normalized spacial score (nSPS) is 17.7. The third-order valence-electron chi connectivity index (χ3n) is 3.21. The van der Waals surface area contributed by atoms with E-state index in [-0.39, 0.29) is 18.1 Å². The lowest BCUT2D eigenvalue weighted by Gasteiger charge is -2.29. The minimum atomic E-state index is 0.00583. The number of amides is 1. The van der Waals surface area contributed by atoms with Crippen molar-refractivity contribution in [3.8, 4) is 0 Å². The molecular weight excluding hydrogens is 190 g/mol. The zero-order valence-corrected chi connectivity index (χ0v) is 10.1. The van der Waals surface area contributed by atoms with Crippen LogP contribution in [0.1, 0.15) is 34.1 Å². The first-order valence-corrected chi connectivity index (χ1v) is 5.71. The number of ketones is 1. The Labute approximate surface area is 91.8 Å². The fourth-order valence-electron chi connectivity index (χ4n) is 2.25. The van der Waals surface area contributed by atoms with Gasteiger partial charge in [0.2, 0.25) is 5.91 Å². The van der Waals surface area contributed by atoms with Gasteiger partial charge in [0.15, 0.2) is 5.78 Å². The molecule has 1 fully saturated rings. The maximum atomic E-state index is 11.5. The molecule has 15 heavy (non-hydrogen) atoms. The average molecular weight is 211 g/mol. The number of likely N-dealkylation sites (tertiary alicyclic amines) is 1. The first-order valence-electron chi connectivity index (χ1n) is 5.71. The molecule has 0 radical (unpaired) electrons. The van der Waals surface area contributed by atoms with Crippen LogP contribution >= 0.6 is 0 Å². The van der Waals surface area contributed by atoms with Crippen molar-refractivity contribution in [1.82, 2.24) is 4.90 Å². The van der Waals surface area contributed by atoms with Crippen molar-refractivity contribution in [3.63, 3.8) is 0 Å². The summed E-state index contributed by atoms with van der Waals surface area (Å²) in [6, 6.07) is 0. The first kappa shape index (κ1) is 12.2. The van der Waals surface area contributed by atoms with Gasteiger partial charge in [-0.1, -0.05) is 27.7 Å². The number of hydrogen-bond donors (Lipinski definition) is 0. The molecule has 0 spiro atoms. The second-order valence-corrected chi connectivity index (χ2v) is 5.14. The van der Waals surface area contributed by atoms with E-state index in [0.717, 1.165) is 6.54 Å². The molecule has 0 atom stereocenters. The summed E-state index contributed by atoms with van der Waals surface area (Å²) in [6.07, 6.45) is 0.114. The van der Waals surface area contributed by atoms with Crippen LogP contribution in [0, 0.1) is 17.8 Å². The molecule has 1 aliphatic heterocycles. The highest BCUT2D eigenvalue weighted by molar-refractivity contribution is 6.05. The third kappa shape index (κ3) is 3.05. The summed E-state index contributed by atoms with van der Waals surface area (Å²) < 4.78 is 0. The Morgan fingerprint density at radius 3 is 2.00 bits per heavy atom. The largest absolute Gasteiger partial charge is 0.335 e. The summed E-state index contributed by atoms with van der Waals surface area (Å²) in [7, 11) is 0. The fourth-order valence-corrected chi connectivity index (χ4v) is 2.25. The Kier molecular flexibility index (Phi) is 3.89. The molecule has 1 aliphatic rings. The molecule has 0 aliphatic carbocycles. The molecule has 0 unspecified atom stereocenters. The highest BCUT2D eigenvalue weighted by Crippen LogP contribution is 2.23. The topological polar surface area (TPSA) is 37.4 Å². The van der Waals surface area contributed by atoms with Crippen LogP contribution in [0.5, 0.6) is 0 Å². The summed E-state index contributed by atoms with van der Waals surface area (Å²) in [5, 5.41) is 0. The summed E-state index contributed by atoms with van der Waals surface area (Å²) in [5.74, 6) is 1.65. The molecule has 0 saturated carbocycles. The molecule has 0 aromatic heterocycles. The molecular formula is C12H21NO2. The fraction of sp³-hybridized carbons (Fsp3) is 0.833. The lowest BCUT2D eigenvalue weighted by molar-refractivity contribution is -0.128. The smallest absolute Gasteiger partial charge is 0.230 e. The summed E-state index contributed by atoms with van der Waals surface area (Å²) in [5.41, 5.74) is 0. The molecule has 0 N–H and O–H groups in total. The number of hydrogen-bond acceptors (Lipinski definition) is 2. The van der Waals surface area contributed by atoms with Crippen molar-refractivity contribution >= 4 is 11.7 Å². The van der Waals surface area contributed by atoms with E-state index in [2.05, 4.69) is 27.7 Å². The van der Waals surface area contributed by atoms with Gasteiger partial charge in [-0.2, -0.15) is 0 Å². The lowest BCUT2D eigenvalue weighted by Crippen LogP contribution is -2.35. The molecule has 3 heteroatoms. The van der Waals surface area contributed by atoms with E-state index in [0.29, 0.717) is 24.3 Å². The zero-order chi connectivity index (χ0) is 11.6. The van der Waals surface area contributed by atoms with Gasteiger partial charge in [-0.05, 0) is 17.8 Å². The Morgan fingerprint density at radius 2 is 1.67 bits per heavy atom. The Hall–Kier alpha value is -0.860. The van der Waals surface area contributed by atoms with E-state index < -0.39 is 0 Å². The van der Waals surface area contributed by atoms with Crippen LogP contribution in [0.25, 0.3) is 0 Å². The molecule has 1 amide bonds. The molecule has 0 aromatic rings. The van der Waals surface area contributed by atoms with Gasteiger partial charge < -0.3 is 4.90 Å². The van der Waals surface area contributed by atoms with Gasteiger partial charge in [-0.3, -0.25) is 9.59 Å². The zero-order valence-electron chi connectivity index (χ0n) is 10.1. The summed E-state index contributed by atoms with van der Waals surface area (Å²) >= 11 is 0. The highest BCUT2D eigenvalue weighted by Gasteiger charge is 2.30. The Bertz CT molecular complexity index is 250. The van der Waals surface area contributed by atoms with Crippen molar-refractivity contribution in [2.75, 3.05) is 13.1 Å². The second kappa shape index (κ2) is 4.77. The molecule has 86 valence electrons. The maximum absolute atomic E-state index is 11.5. The van der Waals surface area contributed by atoms with Crippen LogP contribution in [0.4, 0.5) is 0 Å². The van der Waals surface area contributed by atoms with Gasteiger partial charge in [0.1, 0.15) is 0 Å². The standard InChI is InChI=1S/C12H21NO2/c1-8(2)11(9(3)4)7-13-6-10(14)5-12(13)15/h8-9,11H,5-7H2,1-4H3. The van der Waals surface area contributed by atoms with E-state index in [1.165, 1.54) is 0 Å². The quantitative estimate of drug-likeness (QED) is 0.664. The maximum Gasteiger partial charge on any atom is 0.230 e. The summed E-state index contributed by atoms with van der Waals surface area (Å²) in [4.78, 5) is 24.3. The van der Waals surface area contributed by atoms with Gasteiger partial charge in [-0.15, -0.1) is 0 Å². The van der Waals surface area contributed by atoms with E-state index >= 15 is 0 Å². The van der Waals surface area contributed by atoms with Gasteiger partial charge in [0.05, 0.1) is 13.0 Å². The van der Waals surface area contributed by atoms with Crippen LogP contribution in [0.15, 0.2) is 0 Å². The van der Waals surface area contributed by atoms with E-state index in [1.54, 1.807) is 4.90 Å². The molecule has 3 nitrogen and oxygen atoms in total. The number of rotatable bonds is 4. The number of nitrogens with zero attached hydrogens (tertiary/aromatic N) is 1. The van der Waals surface area contributed by atoms with Crippen molar-refractivity contribution in [2.24, 2.45) is 17.8 Å². The van der Waals surface area contributed by atoms with Gasteiger partial charge in [0.25, 0.3) is 0 Å². The second-order valence-electron chi connectivity index (χ2n) is 5.14. The summed E-state index contributed by atoms with van der Waals surface area (Å²) in [6.45, 7) is 9.76. The number of Topliss-reactive ketones (excluding diaryl/α,β-unsaturated/α-hetero) is 1. The van der Waals surface area contributed by atoms with Crippen LogP contribution < -0.4 is 0 Å². The Balaban J connectivity index is 2.59. The minimum absolute atomic E-state index is 0.00583. The monoisotopic (exact) mass is 211 g/mol. The van der Waals surface area contributed by atoms with Crippen LogP contribution in [0.2, 0.25) is 0 Å². The van der Waals surface area contributed by atoms with Gasteiger partial charge in [-0.25, -0.2) is 0 Å². The van der Waals surface area contributed by atoms with Crippen molar-refractivity contribution in [1.29, 1.82) is 0 Å². The Morgan fingerprint density at radius 1 is 1.13 bits per heavy atom. The van der Waals surface area contributed by atoms with Crippen LogP contribution in [0.3, 0.4) is 0 Å². The third-order valence-corrected chi connectivity index (χ3v) is 3.21. The van der Waals surface area contributed by atoms with Gasteiger partial charge in [0, 0.05) is 6.54 Å². The first-order chi connectivity index (χ1) is 6.91. The van der Waals surface area contributed by atoms with E-state index in [9.17, 15) is 9.59 Å². The van der Waals surface area contributed by atoms with E-state index in [1.807, 2.05) is 0 Å². The van der Waals surface area contributed by atoms with Crippen molar-refractivity contribution in [2.45, 2.75) is 34.1 Å². The van der Waals surface area contributed by atoms with E-state index in [4.69, 9.17) is 0 Å². The molecule has 1 heterocycles. The average Bonchev–Trinajstić information content (AvgIpc) is 2.39. The highest BCUT2D eigenvalue weighted by atomic mass is 16.2. The SMILES string of the molecule is CC(C)C(CN1CC(=O)CC1=O)C(C)C. The van der Waals surface area contributed by atoms with Crippen LogP contribution in [-0.4, -0.2) is 29.7 Å². The predicted molar refractivity (Wildman–Crippen MR) is 59.4 cm³/mol. The van der Waals surface area contributed by atoms with Crippen LogP contribution in [-0.2, 0) is 9.59 Å². The number of carbonyl (C=O) groups excluding carboxylic acids is 2. The predicted octanol–water partition coefficient (Wildman–Crippen LogP) is 1.72.